The quantitative estimate of drug-likeness (QED) is 0.488. The molecule has 0 bridgehead atoms. The average Bonchev–Trinajstić information content (AvgIpc) is 2.73. The number of rotatable bonds is 3. The first-order chi connectivity index (χ1) is 10.1. The normalized spacial score (nSPS) is 14.1. The van der Waals surface area contributed by atoms with Gasteiger partial charge in [-0.3, -0.25) is 0 Å². The minimum Gasteiger partial charge on any atom is -0.507 e. The minimum atomic E-state index is 0.110. The Morgan fingerprint density at radius 3 is 2.29 bits per heavy atom. The number of benzene rings is 1. The molecule has 1 heterocycles. The number of phenolic OH excluding ortho intramolecular Hbond substituents is 1. The van der Waals surface area contributed by atoms with Crippen LogP contribution in [-0.2, 0) is 0 Å². The monoisotopic (exact) mass is 282 g/mol. The molecule has 0 unspecified atom stereocenters. The zero-order chi connectivity index (χ0) is 15.2. The molecule has 2 rings (SSSR count). The number of hydrogen-bond donors (Lipinski definition) is 4. The first kappa shape index (κ1) is 14.4. The number of nitrogens with two attached hydrogens (primary N) is 3. The Kier molecular flexibility index (Phi) is 4.42. The minimum absolute atomic E-state index is 0.110. The van der Waals surface area contributed by atoms with E-state index in [1.54, 1.807) is 30.3 Å². The van der Waals surface area contributed by atoms with Crippen LogP contribution >= 0.6 is 0 Å². The Morgan fingerprint density at radius 2 is 1.71 bits per heavy atom. The van der Waals surface area contributed by atoms with E-state index in [2.05, 4.69) is 11.5 Å². The first-order valence-corrected chi connectivity index (χ1v) is 6.49. The van der Waals surface area contributed by atoms with Crippen molar-refractivity contribution in [2.45, 2.75) is 0 Å². The summed E-state index contributed by atoms with van der Waals surface area (Å²) in [5, 5.41) is 9.84. The summed E-state index contributed by atoms with van der Waals surface area (Å²) >= 11 is 0. The molecule has 5 nitrogen and oxygen atoms in total. The van der Waals surface area contributed by atoms with Crippen LogP contribution in [0.25, 0.3) is 5.70 Å². The molecule has 0 radical (unpaired) electrons. The van der Waals surface area contributed by atoms with E-state index in [1.807, 2.05) is 17.1 Å². The van der Waals surface area contributed by atoms with Crippen molar-refractivity contribution in [1.82, 2.24) is 4.90 Å². The summed E-state index contributed by atoms with van der Waals surface area (Å²) in [5.41, 5.74) is 24.9. The summed E-state index contributed by atoms with van der Waals surface area (Å²) < 4.78 is 0. The zero-order valence-corrected chi connectivity index (χ0v) is 11.6. The van der Waals surface area contributed by atoms with Gasteiger partial charge in [0.1, 0.15) is 11.6 Å². The summed E-state index contributed by atoms with van der Waals surface area (Å²) in [6.07, 6.45) is 5.32. The fraction of sp³-hybridized carbons (Fsp3) is 0.125. The Hall–Kier alpha value is -3.00. The van der Waals surface area contributed by atoms with Crippen LogP contribution in [0.4, 0.5) is 0 Å². The molecule has 0 amide bonds. The van der Waals surface area contributed by atoms with Crippen molar-refractivity contribution in [2.24, 2.45) is 17.2 Å². The maximum Gasteiger partial charge on any atom is 0.124 e. The van der Waals surface area contributed by atoms with Gasteiger partial charge in [0.15, 0.2) is 0 Å². The van der Waals surface area contributed by atoms with E-state index in [0.29, 0.717) is 30.0 Å². The van der Waals surface area contributed by atoms with Gasteiger partial charge in [-0.15, -0.1) is 0 Å². The van der Waals surface area contributed by atoms with Gasteiger partial charge in [-0.2, -0.15) is 0 Å². The predicted molar refractivity (Wildman–Crippen MR) is 83.4 cm³/mol. The van der Waals surface area contributed by atoms with Crippen LogP contribution in [0.3, 0.4) is 0 Å². The summed E-state index contributed by atoms with van der Waals surface area (Å²) in [6, 6.07) is 6.84. The van der Waals surface area contributed by atoms with Gasteiger partial charge in [0.05, 0.1) is 5.70 Å². The second-order valence-electron chi connectivity index (χ2n) is 4.56. The Labute approximate surface area is 123 Å². The van der Waals surface area contributed by atoms with Crippen LogP contribution in [0.1, 0.15) is 5.56 Å². The van der Waals surface area contributed by atoms with Gasteiger partial charge < -0.3 is 27.2 Å². The SMILES string of the molecule is NC(N)=C(/C=C(\N)c1ccccc1O)N1CC=C=C=CC1. The molecule has 0 atom stereocenters. The molecule has 0 fully saturated rings. The number of phenols is 1. The molecule has 5 heteroatoms. The molecular formula is C16H18N4O. The largest absolute Gasteiger partial charge is 0.507 e. The fourth-order valence-corrected chi connectivity index (χ4v) is 2.00. The van der Waals surface area contributed by atoms with Crippen molar-refractivity contribution in [3.05, 3.63) is 71.0 Å². The van der Waals surface area contributed by atoms with E-state index < -0.39 is 0 Å². The molecule has 21 heavy (non-hydrogen) atoms. The van der Waals surface area contributed by atoms with Crippen molar-refractivity contribution >= 4 is 5.70 Å². The lowest BCUT2D eigenvalue weighted by molar-refractivity contribution is 0.430. The van der Waals surface area contributed by atoms with Crippen molar-refractivity contribution in [3.8, 4) is 5.75 Å². The molecular weight excluding hydrogens is 264 g/mol. The Balaban J connectivity index is 2.35. The molecule has 0 aromatic heterocycles. The van der Waals surface area contributed by atoms with Crippen LogP contribution in [-0.4, -0.2) is 23.1 Å². The molecule has 1 aromatic carbocycles. The van der Waals surface area contributed by atoms with Gasteiger partial charge in [0, 0.05) is 24.4 Å². The molecule has 1 aliphatic heterocycles. The second kappa shape index (κ2) is 6.44. The average molecular weight is 282 g/mol. The molecule has 0 spiro atoms. The Morgan fingerprint density at radius 1 is 1.10 bits per heavy atom. The van der Waals surface area contributed by atoms with Crippen LogP contribution in [0, 0.1) is 0 Å². The van der Waals surface area contributed by atoms with Gasteiger partial charge >= 0.3 is 0 Å². The summed E-state index contributed by atoms with van der Waals surface area (Å²) in [6.45, 7) is 1.20. The molecule has 0 saturated heterocycles. The smallest absolute Gasteiger partial charge is 0.124 e. The van der Waals surface area contributed by atoms with Crippen LogP contribution in [0.5, 0.6) is 5.75 Å². The topological polar surface area (TPSA) is 102 Å². The summed E-state index contributed by atoms with van der Waals surface area (Å²) in [7, 11) is 0. The maximum absolute atomic E-state index is 9.84. The predicted octanol–water partition coefficient (Wildman–Crippen LogP) is 0.960. The molecule has 1 aromatic rings. The van der Waals surface area contributed by atoms with E-state index in [1.165, 1.54) is 0 Å². The maximum atomic E-state index is 9.84. The second-order valence-corrected chi connectivity index (χ2v) is 4.56. The number of aromatic hydroxyl groups is 1. The van der Waals surface area contributed by atoms with Gasteiger partial charge in [-0.1, -0.05) is 23.6 Å². The lowest BCUT2D eigenvalue weighted by Crippen LogP contribution is -2.28. The van der Waals surface area contributed by atoms with E-state index in [9.17, 15) is 5.11 Å². The van der Waals surface area contributed by atoms with Gasteiger partial charge in [0.25, 0.3) is 0 Å². The van der Waals surface area contributed by atoms with Crippen LogP contribution in [0.15, 0.2) is 65.5 Å². The third kappa shape index (κ3) is 3.51. The van der Waals surface area contributed by atoms with Gasteiger partial charge in [-0.25, -0.2) is 0 Å². The fourth-order valence-electron chi connectivity index (χ4n) is 2.00. The highest BCUT2D eigenvalue weighted by Crippen LogP contribution is 2.23. The van der Waals surface area contributed by atoms with E-state index in [0.717, 1.165) is 0 Å². The third-order valence-corrected chi connectivity index (χ3v) is 3.05. The van der Waals surface area contributed by atoms with Crippen molar-refractivity contribution < 1.29 is 5.11 Å². The van der Waals surface area contributed by atoms with Crippen LogP contribution < -0.4 is 17.2 Å². The highest BCUT2D eigenvalue weighted by molar-refractivity contribution is 5.69. The lowest BCUT2D eigenvalue weighted by atomic mass is 10.1. The lowest BCUT2D eigenvalue weighted by Gasteiger charge is -2.23. The van der Waals surface area contributed by atoms with Gasteiger partial charge in [-0.05, 0) is 30.4 Å². The molecule has 0 saturated carbocycles. The highest BCUT2D eigenvalue weighted by atomic mass is 16.3. The molecule has 108 valence electrons. The highest BCUT2D eigenvalue weighted by Gasteiger charge is 2.11. The number of para-hydroxylation sites is 1. The standard InChI is InChI=1S/C16H18N4O/c17-13(12-7-3-4-8-15(12)21)11-14(16(18)19)20-9-5-1-2-6-10-20/h3-8,11,21H,9-10,17-19H2/b13-11-. The zero-order valence-electron chi connectivity index (χ0n) is 11.6. The van der Waals surface area contributed by atoms with Crippen LogP contribution in [0.2, 0.25) is 0 Å². The molecule has 0 aliphatic carbocycles. The number of allylic oxidation sites excluding steroid dienone is 1. The third-order valence-electron chi connectivity index (χ3n) is 3.05. The molecule has 7 N–H and O–H groups in total. The van der Waals surface area contributed by atoms with E-state index in [-0.39, 0.29) is 11.6 Å². The van der Waals surface area contributed by atoms with Crippen molar-refractivity contribution in [3.63, 3.8) is 0 Å². The van der Waals surface area contributed by atoms with Crippen molar-refractivity contribution in [2.75, 3.05) is 13.1 Å². The number of nitrogens with zero attached hydrogens (tertiary/aromatic N) is 1. The van der Waals surface area contributed by atoms with Crippen molar-refractivity contribution in [1.29, 1.82) is 0 Å². The Bertz CT molecular complexity index is 668. The van der Waals surface area contributed by atoms with E-state index in [4.69, 9.17) is 17.2 Å². The number of hydrogen-bond acceptors (Lipinski definition) is 5. The molecule has 1 aliphatic rings. The van der Waals surface area contributed by atoms with Gasteiger partial charge in [0.2, 0.25) is 0 Å². The summed E-state index contributed by atoms with van der Waals surface area (Å²) in [5.74, 6) is 0.274. The first-order valence-electron chi connectivity index (χ1n) is 6.49. The van der Waals surface area contributed by atoms with E-state index >= 15 is 0 Å². The summed E-state index contributed by atoms with van der Waals surface area (Å²) in [4.78, 5) is 1.94.